The monoisotopic (exact) mass is 383 g/mol. The first-order valence-electron chi connectivity index (χ1n) is 8.11. The highest BCUT2D eigenvalue weighted by Gasteiger charge is 2.19. The Kier molecular flexibility index (Phi) is 4.40. The summed E-state index contributed by atoms with van der Waals surface area (Å²) in [6, 6.07) is 11.5. The molecule has 2 aromatic heterocycles. The third-order valence-corrected chi connectivity index (χ3v) is 3.94. The van der Waals surface area contributed by atoms with Gasteiger partial charge in [0, 0.05) is 5.39 Å². The topological polar surface area (TPSA) is 98.2 Å². The first-order valence-corrected chi connectivity index (χ1v) is 8.11. The number of nitrogens with one attached hydrogen (secondary N) is 1. The van der Waals surface area contributed by atoms with E-state index in [2.05, 4.69) is 15.5 Å². The van der Waals surface area contributed by atoms with Crippen LogP contribution in [-0.2, 0) is 6.54 Å². The van der Waals surface area contributed by atoms with E-state index in [1.807, 2.05) is 0 Å². The molecule has 28 heavy (non-hydrogen) atoms. The highest BCUT2D eigenvalue weighted by Crippen LogP contribution is 2.24. The van der Waals surface area contributed by atoms with Gasteiger partial charge in [0.1, 0.15) is 28.3 Å². The summed E-state index contributed by atoms with van der Waals surface area (Å²) in [5.41, 5.74) is -1.08. The number of carbonyl (C=O) groups is 1. The molecule has 4 rings (SSSR count). The molecule has 0 aliphatic rings. The summed E-state index contributed by atoms with van der Waals surface area (Å²) in [7, 11) is 0. The minimum absolute atomic E-state index is 0.0174. The smallest absolute Gasteiger partial charge is 0.349 e. The van der Waals surface area contributed by atoms with Gasteiger partial charge < -0.3 is 14.3 Å². The lowest BCUT2D eigenvalue weighted by Crippen LogP contribution is -2.28. The van der Waals surface area contributed by atoms with Crippen LogP contribution in [0.3, 0.4) is 0 Å². The summed E-state index contributed by atoms with van der Waals surface area (Å²) in [6.45, 7) is -0.218. The van der Waals surface area contributed by atoms with E-state index in [4.69, 9.17) is 8.94 Å². The molecule has 0 saturated heterocycles. The van der Waals surface area contributed by atoms with Crippen LogP contribution in [-0.4, -0.2) is 16.0 Å². The lowest BCUT2D eigenvalue weighted by atomic mass is 10.2. The van der Waals surface area contributed by atoms with Gasteiger partial charge in [0.2, 0.25) is 0 Å². The minimum Gasteiger partial charge on any atom is -0.422 e. The Bertz CT molecular complexity index is 1230. The van der Waals surface area contributed by atoms with Crippen LogP contribution in [0.5, 0.6) is 0 Å². The molecule has 2 heterocycles. The van der Waals surface area contributed by atoms with Crippen LogP contribution in [0.2, 0.25) is 0 Å². The number of amides is 1. The van der Waals surface area contributed by atoms with Crippen molar-refractivity contribution in [1.82, 2.24) is 15.5 Å². The first-order chi connectivity index (χ1) is 13.5. The molecule has 0 fully saturated rings. The van der Waals surface area contributed by atoms with Gasteiger partial charge in [-0.25, -0.2) is 13.6 Å². The molecule has 1 N–H and O–H groups in total. The van der Waals surface area contributed by atoms with Crippen molar-refractivity contribution in [2.75, 3.05) is 0 Å². The number of nitrogens with zero attached hydrogens (tertiary/aromatic N) is 2. The SMILES string of the molecule is O=C(NCc1noc(-c2c(F)cccc2F)n1)c1cc2ccccc2oc1=O. The van der Waals surface area contributed by atoms with Gasteiger partial charge in [-0.1, -0.05) is 29.4 Å². The lowest BCUT2D eigenvalue weighted by molar-refractivity contribution is 0.0946. The first kappa shape index (κ1) is 17.5. The van der Waals surface area contributed by atoms with E-state index < -0.39 is 28.7 Å². The van der Waals surface area contributed by atoms with Crippen LogP contribution < -0.4 is 10.9 Å². The highest BCUT2D eigenvalue weighted by molar-refractivity contribution is 5.96. The van der Waals surface area contributed by atoms with Crippen molar-refractivity contribution in [1.29, 1.82) is 0 Å². The van der Waals surface area contributed by atoms with Gasteiger partial charge in [0.05, 0.1) is 6.54 Å². The molecular formula is C19H11F2N3O4. The van der Waals surface area contributed by atoms with Crippen LogP contribution >= 0.6 is 0 Å². The number of para-hydroxylation sites is 1. The molecule has 4 aromatic rings. The quantitative estimate of drug-likeness (QED) is 0.544. The van der Waals surface area contributed by atoms with Crippen molar-refractivity contribution in [3.05, 3.63) is 82.0 Å². The maximum atomic E-state index is 13.8. The van der Waals surface area contributed by atoms with E-state index in [0.29, 0.717) is 11.0 Å². The molecule has 7 nitrogen and oxygen atoms in total. The zero-order chi connectivity index (χ0) is 19.7. The predicted molar refractivity (Wildman–Crippen MR) is 93.3 cm³/mol. The van der Waals surface area contributed by atoms with Crippen LogP contribution in [0.25, 0.3) is 22.4 Å². The fourth-order valence-electron chi connectivity index (χ4n) is 2.60. The van der Waals surface area contributed by atoms with Crippen molar-refractivity contribution in [2.24, 2.45) is 0 Å². The molecular weight excluding hydrogens is 372 g/mol. The molecule has 1 amide bonds. The van der Waals surface area contributed by atoms with Crippen molar-refractivity contribution in [2.45, 2.75) is 6.54 Å². The summed E-state index contributed by atoms with van der Waals surface area (Å²) in [5.74, 6) is -2.79. The molecule has 140 valence electrons. The number of hydrogen-bond acceptors (Lipinski definition) is 6. The van der Waals surface area contributed by atoms with Crippen LogP contribution in [0.4, 0.5) is 8.78 Å². The Morgan fingerprint density at radius 1 is 1.07 bits per heavy atom. The van der Waals surface area contributed by atoms with Crippen LogP contribution in [0, 0.1) is 11.6 Å². The fourth-order valence-corrected chi connectivity index (χ4v) is 2.60. The molecule has 0 unspecified atom stereocenters. The Hall–Kier alpha value is -3.88. The zero-order valence-electron chi connectivity index (χ0n) is 14.1. The number of carbonyl (C=O) groups excluding carboxylic acids is 1. The second-order valence-electron chi connectivity index (χ2n) is 5.78. The van der Waals surface area contributed by atoms with Crippen molar-refractivity contribution in [3.8, 4) is 11.5 Å². The molecule has 0 aliphatic carbocycles. The van der Waals surface area contributed by atoms with Gasteiger partial charge in [-0.3, -0.25) is 4.79 Å². The standard InChI is InChI=1S/C19H11F2N3O4/c20-12-5-3-6-13(21)16(12)18-23-15(24-28-18)9-22-17(25)11-8-10-4-1-2-7-14(10)27-19(11)26/h1-8H,9H2,(H,22,25). The number of rotatable bonds is 4. The third kappa shape index (κ3) is 3.25. The number of fused-ring (bicyclic) bond motifs is 1. The Morgan fingerprint density at radius 2 is 1.82 bits per heavy atom. The highest BCUT2D eigenvalue weighted by atomic mass is 19.1. The maximum Gasteiger partial charge on any atom is 0.349 e. The zero-order valence-corrected chi connectivity index (χ0v) is 14.1. The van der Waals surface area contributed by atoms with Gasteiger partial charge in [0.25, 0.3) is 11.8 Å². The average Bonchev–Trinajstić information content (AvgIpc) is 3.14. The number of hydrogen-bond donors (Lipinski definition) is 1. The third-order valence-electron chi connectivity index (χ3n) is 3.94. The summed E-state index contributed by atoms with van der Waals surface area (Å²) >= 11 is 0. The summed E-state index contributed by atoms with van der Waals surface area (Å²) < 4.78 is 37.5. The number of halogens is 2. The maximum absolute atomic E-state index is 13.8. The molecule has 2 aromatic carbocycles. The normalized spacial score (nSPS) is 10.9. The molecule has 0 spiro atoms. The lowest BCUT2D eigenvalue weighted by Gasteiger charge is -2.03. The van der Waals surface area contributed by atoms with Gasteiger partial charge in [0.15, 0.2) is 5.82 Å². The van der Waals surface area contributed by atoms with E-state index in [1.165, 1.54) is 12.1 Å². The Morgan fingerprint density at radius 3 is 2.61 bits per heavy atom. The average molecular weight is 383 g/mol. The Labute approximate surface area is 155 Å². The largest absolute Gasteiger partial charge is 0.422 e. The molecule has 0 bridgehead atoms. The van der Waals surface area contributed by atoms with E-state index in [9.17, 15) is 18.4 Å². The van der Waals surface area contributed by atoms with Crippen LogP contribution in [0.1, 0.15) is 16.2 Å². The number of aromatic nitrogens is 2. The van der Waals surface area contributed by atoms with Gasteiger partial charge >= 0.3 is 5.63 Å². The summed E-state index contributed by atoms with van der Waals surface area (Å²) in [4.78, 5) is 28.1. The number of benzene rings is 2. The molecule has 0 saturated carbocycles. The van der Waals surface area contributed by atoms with Gasteiger partial charge in [-0.2, -0.15) is 4.98 Å². The predicted octanol–water partition coefficient (Wildman–Crippen LogP) is 3.05. The van der Waals surface area contributed by atoms with Crippen LogP contribution in [0.15, 0.2) is 62.3 Å². The van der Waals surface area contributed by atoms with Gasteiger partial charge in [-0.05, 0) is 24.3 Å². The Balaban J connectivity index is 1.53. The molecule has 0 atom stereocenters. The van der Waals surface area contributed by atoms with Crippen molar-refractivity contribution < 1.29 is 22.5 Å². The molecule has 0 aliphatic heterocycles. The second-order valence-corrected chi connectivity index (χ2v) is 5.78. The molecule has 9 heteroatoms. The van der Waals surface area contributed by atoms with Crippen molar-refractivity contribution in [3.63, 3.8) is 0 Å². The molecule has 0 radical (unpaired) electrons. The summed E-state index contributed by atoms with van der Waals surface area (Å²) in [6.07, 6.45) is 0. The van der Waals surface area contributed by atoms with Gasteiger partial charge in [-0.15, -0.1) is 0 Å². The fraction of sp³-hybridized carbons (Fsp3) is 0.0526. The summed E-state index contributed by atoms with van der Waals surface area (Å²) in [5, 5.41) is 6.61. The van der Waals surface area contributed by atoms with E-state index in [0.717, 1.165) is 12.1 Å². The van der Waals surface area contributed by atoms with Crippen molar-refractivity contribution >= 4 is 16.9 Å². The van der Waals surface area contributed by atoms with E-state index in [1.54, 1.807) is 24.3 Å². The minimum atomic E-state index is -0.854. The van der Waals surface area contributed by atoms with E-state index in [-0.39, 0.29) is 23.8 Å². The van der Waals surface area contributed by atoms with E-state index >= 15 is 0 Å². The second kappa shape index (κ2) is 7.03.